The Hall–Kier alpha value is -2.90. The number of piperazine rings is 1. The summed E-state index contributed by atoms with van der Waals surface area (Å²) >= 11 is 0. The van der Waals surface area contributed by atoms with Crippen molar-refractivity contribution >= 4 is 27.6 Å². The van der Waals surface area contributed by atoms with E-state index in [1.54, 1.807) is 30.3 Å². The van der Waals surface area contributed by atoms with Gasteiger partial charge in [0, 0.05) is 56.3 Å². The van der Waals surface area contributed by atoms with Gasteiger partial charge in [0.05, 0.1) is 5.39 Å². The van der Waals surface area contributed by atoms with E-state index in [1.807, 2.05) is 0 Å². The molecule has 0 radical (unpaired) electrons. The predicted molar refractivity (Wildman–Crippen MR) is 108 cm³/mol. The van der Waals surface area contributed by atoms with Gasteiger partial charge in [-0.3, -0.25) is 9.69 Å². The maximum Gasteiger partial charge on any atom is 0.344 e. The summed E-state index contributed by atoms with van der Waals surface area (Å²) in [5.74, 6) is -0.174. The van der Waals surface area contributed by atoms with Crippen LogP contribution in [0.5, 0.6) is 5.75 Å². The van der Waals surface area contributed by atoms with Crippen molar-refractivity contribution in [3.63, 3.8) is 0 Å². The van der Waals surface area contributed by atoms with Crippen LogP contribution in [0.3, 0.4) is 0 Å². The second kappa shape index (κ2) is 7.61. The molecule has 1 fully saturated rings. The molecule has 7 heteroatoms. The fourth-order valence-electron chi connectivity index (χ4n) is 3.56. The fraction of sp³-hybridized carbons (Fsp3) is 0.333. The molecule has 3 aromatic rings. The third kappa shape index (κ3) is 3.72. The first-order valence-electron chi connectivity index (χ1n) is 9.40. The van der Waals surface area contributed by atoms with E-state index < -0.39 is 5.63 Å². The molecule has 0 aliphatic carbocycles. The maximum atomic E-state index is 12.5. The summed E-state index contributed by atoms with van der Waals surface area (Å²) in [4.78, 5) is 29.5. The van der Waals surface area contributed by atoms with Crippen LogP contribution < -0.4 is 10.9 Å². The second-order valence-corrected chi connectivity index (χ2v) is 7.23. The topological polar surface area (TPSA) is 86.0 Å². The van der Waals surface area contributed by atoms with E-state index in [2.05, 4.69) is 22.2 Å². The van der Waals surface area contributed by atoms with E-state index >= 15 is 0 Å². The summed E-state index contributed by atoms with van der Waals surface area (Å²) in [6, 6.07) is 9.68. The summed E-state index contributed by atoms with van der Waals surface area (Å²) in [5, 5.41) is 14.3. The number of nitrogens with zero attached hydrogens (tertiary/aromatic N) is 2. The van der Waals surface area contributed by atoms with Crippen LogP contribution in [0.15, 0.2) is 45.6 Å². The molecule has 1 amide bonds. The lowest BCUT2D eigenvalue weighted by Gasteiger charge is -2.32. The molecule has 0 saturated carbocycles. The van der Waals surface area contributed by atoms with E-state index in [4.69, 9.17) is 4.42 Å². The molecular weight excluding hydrogens is 358 g/mol. The van der Waals surface area contributed by atoms with Gasteiger partial charge in [0.15, 0.2) is 0 Å². The van der Waals surface area contributed by atoms with Crippen molar-refractivity contribution in [3.05, 3.63) is 52.4 Å². The zero-order valence-corrected chi connectivity index (χ0v) is 15.8. The monoisotopic (exact) mass is 381 g/mol. The maximum absolute atomic E-state index is 12.5. The number of carbonyl (C=O) groups is 1. The van der Waals surface area contributed by atoms with Crippen molar-refractivity contribution in [2.75, 3.05) is 46.3 Å². The van der Waals surface area contributed by atoms with E-state index in [1.165, 1.54) is 6.07 Å². The molecule has 2 aromatic carbocycles. The van der Waals surface area contributed by atoms with Gasteiger partial charge in [-0.15, -0.1) is 0 Å². The third-order valence-corrected chi connectivity index (χ3v) is 5.27. The number of phenolic OH excluding ortho intramolecular Hbond substituents is 1. The first-order chi connectivity index (χ1) is 13.5. The van der Waals surface area contributed by atoms with Crippen molar-refractivity contribution in [1.29, 1.82) is 0 Å². The summed E-state index contributed by atoms with van der Waals surface area (Å²) in [5.41, 5.74) is 0.221. The van der Waals surface area contributed by atoms with Crippen molar-refractivity contribution < 1.29 is 14.3 Å². The zero-order valence-electron chi connectivity index (χ0n) is 15.8. The third-order valence-electron chi connectivity index (χ3n) is 5.27. The van der Waals surface area contributed by atoms with Crippen molar-refractivity contribution in [2.24, 2.45) is 0 Å². The molecule has 2 N–H and O–H groups in total. The summed E-state index contributed by atoms with van der Waals surface area (Å²) in [6.07, 6.45) is 0. The molecule has 0 bridgehead atoms. The Kier molecular flexibility index (Phi) is 5.02. The Bertz CT molecular complexity index is 1080. The molecule has 4 rings (SSSR count). The number of likely N-dealkylation sites (N-methyl/N-ethyl adjacent to an activating group) is 1. The lowest BCUT2D eigenvalue weighted by atomic mass is 10.0. The minimum absolute atomic E-state index is 0.0337. The minimum atomic E-state index is -0.528. The molecule has 7 nitrogen and oxygen atoms in total. The summed E-state index contributed by atoms with van der Waals surface area (Å²) < 4.78 is 5.30. The molecule has 1 aliphatic rings. The number of rotatable bonds is 4. The van der Waals surface area contributed by atoms with Crippen LogP contribution in [-0.2, 0) is 0 Å². The van der Waals surface area contributed by atoms with Gasteiger partial charge < -0.3 is 19.7 Å². The number of fused-ring (bicyclic) bond motifs is 3. The lowest BCUT2D eigenvalue weighted by Crippen LogP contribution is -2.46. The zero-order chi connectivity index (χ0) is 19.7. The molecule has 146 valence electrons. The number of aromatic hydroxyl groups is 1. The Balaban J connectivity index is 1.50. The molecule has 1 saturated heterocycles. The molecule has 0 unspecified atom stereocenters. The van der Waals surface area contributed by atoms with E-state index in [9.17, 15) is 14.7 Å². The SMILES string of the molecule is CN1CCN(CCNC(=O)c2ccc3c(c2)c(=O)oc2cc(O)ccc23)CC1. The summed E-state index contributed by atoms with van der Waals surface area (Å²) in [6.45, 7) is 5.47. The van der Waals surface area contributed by atoms with E-state index in [0.717, 1.165) is 38.1 Å². The number of hydrogen-bond donors (Lipinski definition) is 2. The van der Waals surface area contributed by atoms with Gasteiger partial charge in [0.25, 0.3) is 5.91 Å². The van der Waals surface area contributed by atoms with Crippen LogP contribution in [0.1, 0.15) is 10.4 Å². The molecular formula is C21H23N3O4. The Morgan fingerprint density at radius 2 is 1.82 bits per heavy atom. The molecule has 1 aromatic heterocycles. The predicted octanol–water partition coefficient (Wildman–Crippen LogP) is 1.63. The van der Waals surface area contributed by atoms with Gasteiger partial charge in [0.1, 0.15) is 11.3 Å². The molecule has 0 atom stereocenters. The highest BCUT2D eigenvalue weighted by molar-refractivity contribution is 6.07. The number of carbonyl (C=O) groups excluding carboxylic acids is 1. The van der Waals surface area contributed by atoms with Gasteiger partial charge in [-0.25, -0.2) is 4.79 Å². The van der Waals surface area contributed by atoms with Crippen LogP contribution in [0.25, 0.3) is 21.7 Å². The van der Waals surface area contributed by atoms with Gasteiger partial charge in [-0.1, -0.05) is 6.07 Å². The van der Waals surface area contributed by atoms with Gasteiger partial charge in [0.2, 0.25) is 0 Å². The van der Waals surface area contributed by atoms with Gasteiger partial charge in [-0.2, -0.15) is 0 Å². The first kappa shape index (κ1) is 18.5. The highest BCUT2D eigenvalue weighted by Gasteiger charge is 2.15. The van der Waals surface area contributed by atoms with E-state index in [-0.39, 0.29) is 11.7 Å². The van der Waals surface area contributed by atoms with Crippen LogP contribution in [-0.4, -0.2) is 67.1 Å². The average Bonchev–Trinajstić information content (AvgIpc) is 2.69. The highest BCUT2D eigenvalue weighted by Crippen LogP contribution is 2.26. The van der Waals surface area contributed by atoms with E-state index in [0.29, 0.717) is 28.5 Å². The summed E-state index contributed by atoms with van der Waals surface area (Å²) in [7, 11) is 2.11. The van der Waals surface area contributed by atoms with Crippen molar-refractivity contribution in [3.8, 4) is 5.75 Å². The van der Waals surface area contributed by atoms with Gasteiger partial charge >= 0.3 is 5.63 Å². The number of phenols is 1. The van der Waals surface area contributed by atoms with Crippen molar-refractivity contribution in [1.82, 2.24) is 15.1 Å². The minimum Gasteiger partial charge on any atom is -0.508 e. The normalized spacial score (nSPS) is 15.9. The molecule has 28 heavy (non-hydrogen) atoms. The quantitative estimate of drug-likeness (QED) is 0.528. The van der Waals surface area contributed by atoms with Crippen LogP contribution in [0.4, 0.5) is 0 Å². The van der Waals surface area contributed by atoms with Crippen LogP contribution in [0.2, 0.25) is 0 Å². The molecule has 0 spiro atoms. The van der Waals surface area contributed by atoms with Crippen LogP contribution in [0, 0.1) is 0 Å². The molecule has 2 heterocycles. The first-order valence-corrected chi connectivity index (χ1v) is 9.40. The number of amides is 1. The second-order valence-electron chi connectivity index (χ2n) is 7.23. The average molecular weight is 381 g/mol. The Morgan fingerprint density at radius 1 is 1.07 bits per heavy atom. The number of nitrogens with one attached hydrogen (secondary N) is 1. The standard InChI is InChI=1S/C21H23N3O4/c1-23-8-10-24(11-9-23)7-6-22-20(26)14-2-4-16-17-5-3-15(25)13-19(17)28-21(27)18(16)12-14/h2-5,12-13,25H,6-11H2,1H3,(H,22,26). The van der Waals surface area contributed by atoms with Crippen LogP contribution >= 0.6 is 0 Å². The largest absolute Gasteiger partial charge is 0.508 e. The smallest absolute Gasteiger partial charge is 0.344 e. The lowest BCUT2D eigenvalue weighted by molar-refractivity contribution is 0.0941. The van der Waals surface area contributed by atoms with Crippen molar-refractivity contribution in [2.45, 2.75) is 0 Å². The number of benzene rings is 2. The fourth-order valence-corrected chi connectivity index (χ4v) is 3.56. The highest BCUT2D eigenvalue weighted by atomic mass is 16.4. The Labute approximate surface area is 162 Å². The van der Waals surface area contributed by atoms with Gasteiger partial charge in [-0.05, 0) is 36.7 Å². The number of hydrogen-bond acceptors (Lipinski definition) is 6. The molecule has 1 aliphatic heterocycles. The Morgan fingerprint density at radius 3 is 2.61 bits per heavy atom.